The number of rotatable bonds is 3. The average Bonchev–Trinajstić information content (AvgIpc) is 2.69. The number of hydrogen-bond donors (Lipinski definition) is 2. The Bertz CT molecular complexity index is 639. The van der Waals surface area contributed by atoms with Crippen LogP contribution < -0.4 is 0 Å². The molecule has 1 aromatic carbocycles. The maximum Gasteiger partial charge on any atom is 0.272 e. The van der Waals surface area contributed by atoms with Gasteiger partial charge in [-0.15, -0.1) is 0 Å². The van der Waals surface area contributed by atoms with Gasteiger partial charge in [0, 0.05) is 19.2 Å². The molecule has 0 aliphatic carbocycles. The summed E-state index contributed by atoms with van der Waals surface area (Å²) in [6.07, 6.45) is -2.49. The van der Waals surface area contributed by atoms with E-state index in [1.54, 1.807) is 0 Å². The summed E-state index contributed by atoms with van der Waals surface area (Å²) in [5, 5.41) is 29.1. The molecular weight excluding hydrogens is 295 g/mol. The van der Waals surface area contributed by atoms with Crippen LogP contribution in [-0.2, 0) is 10.0 Å². The Morgan fingerprint density at radius 3 is 2.30 bits per heavy atom. The van der Waals surface area contributed by atoms with Crippen LogP contribution in [0.5, 0.6) is 0 Å². The van der Waals surface area contributed by atoms with Gasteiger partial charge in [0.15, 0.2) is 0 Å². The number of nitro benzene ring substituents is 1. The molecular formula is C10H11FN2O6S. The van der Waals surface area contributed by atoms with E-state index in [2.05, 4.69) is 0 Å². The summed E-state index contributed by atoms with van der Waals surface area (Å²) in [5.74, 6) is -1.25. The monoisotopic (exact) mass is 306 g/mol. The van der Waals surface area contributed by atoms with Gasteiger partial charge in [-0.3, -0.25) is 10.1 Å². The van der Waals surface area contributed by atoms with Crippen LogP contribution in [0.1, 0.15) is 0 Å². The van der Waals surface area contributed by atoms with Crippen molar-refractivity contribution in [3.05, 3.63) is 34.1 Å². The van der Waals surface area contributed by atoms with Crippen LogP contribution in [0.2, 0.25) is 0 Å². The van der Waals surface area contributed by atoms with E-state index in [4.69, 9.17) is 0 Å². The molecule has 20 heavy (non-hydrogen) atoms. The lowest BCUT2D eigenvalue weighted by Crippen LogP contribution is -2.30. The topological polar surface area (TPSA) is 121 Å². The van der Waals surface area contributed by atoms with Crippen molar-refractivity contribution in [1.29, 1.82) is 0 Å². The fourth-order valence-corrected chi connectivity index (χ4v) is 3.40. The van der Waals surface area contributed by atoms with Gasteiger partial charge in [0.1, 0.15) is 10.7 Å². The highest BCUT2D eigenvalue weighted by atomic mass is 32.2. The number of nitrogens with zero attached hydrogens (tertiary/aromatic N) is 2. The van der Waals surface area contributed by atoms with Crippen molar-refractivity contribution in [3.8, 4) is 0 Å². The first-order valence-electron chi connectivity index (χ1n) is 5.53. The molecule has 0 unspecified atom stereocenters. The molecule has 1 heterocycles. The normalized spacial score (nSPS) is 23.9. The van der Waals surface area contributed by atoms with Gasteiger partial charge >= 0.3 is 0 Å². The molecule has 110 valence electrons. The molecule has 10 heteroatoms. The lowest BCUT2D eigenvalue weighted by molar-refractivity contribution is -0.385. The van der Waals surface area contributed by atoms with E-state index in [0.29, 0.717) is 6.07 Å². The van der Waals surface area contributed by atoms with Crippen molar-refractivity contribution in [2.24, 2.45) is 0 Å². The summed E-state index contributed by atoms with van der Waals surface area (Å²) in [4.78, 5) is 8.89. The molecule has 0 aromatic heterocycles. The number of non-ortho nitro benzene ring substituents is 1. The smallest absolute Gasteiger partial charge is 0.272 e. The van der Waals surface area contributed by atoms with E-state index < -0.39 is 43.6 Å². The first-order chi connectivity index (χ1) is 9.23. The van der Waals surface area contributed by atoms with Crippen LogP contribution >= 0.6 is 0 Å². The van der Waals surface area contributed by atoms with Gasteiger partial charge in [0.05, 0.1) is 23.2 Å². The predicted molar refractivity (Wildman–Crippen MR) is 63.8 cm³/mol. The SMILES string of the molecule is O=[N+]([O-])c1ccc(S(=O)(=O)N2C[C@@H](O)[C@@H](O)C2)c(F)c1. The van der Waals surface area contributed by atoms with Gasteiger partial charge in [-0.25, -0.2) is 12.8 Å². The Morgan fingerprint density at radius 2 is 1.85 bits per heavy atom. The van der Waals surface area contributed by atoms with E-state index in [-0.39, 0.29) is 13.1 Å². The summed E-state index contributed by atoms with van der Waals surface area (Å²) in [5.41, 5.74) is -0.567. The molecule has 0 amide bonds. The molecule has 0 bridgehead atoms. The van der Waals surface area contributed by atoms with E-state index >= 15 is 0 Å². The Hall–Kier alpha value is -1.62. The number of aliphatic hydroxyl groups is 2. The Balaban J connectivity index is 2.38. The first-order valence-corrected chi connectivity index (χ1v) is 6.97. The van der Waals surface area contributed by atoms with Gasteiger partial charge in [-0.05, 0) is 6.07 Å². The van der Waals surface area contributed by atoms with Crippen molar-refractivity contribution in [2.45, 2.75) is 17.1 Å². The average molecular weight is 306 g/mol. The second kappa shape index (κ2) is 5.05. The van der Waals surface area contributed by atoms with Crippen molar-refractivity contribution in [2.75, 3.05) is 13.1 Å². The zero-order valence-corrected chi connectivity index (χ0v) is 10.8. The fourth-order valence-electron chi connectivity index (χ4n) is 1.88. The van der Waals surface area contributed by atoms with E-state index in [0.717, 1.165) is 16.4 Å². The third kappa shape index (κ3) is 2.50. The van der Waals surface area contributed by atoms with Crippen LogP contribution in [-0.4, -0.2) is 53.2 Å². The molecule has 1 aliphatic heterocycles. The fraction of sp³-hybridized carbons (Fsp3) is 0.400. The number of benzene rings is 1. The highest BCUT2D eigenvalue weighted by Gasteiger charge is 2.38. The number of β-amino-alcohol motifs (C(OH)–C–C–N with tert-alkyl or cyclic N) is 2. The molecule has 1 fully saturated rings. The molecule has 1 aliphatic rings. The molecule has 2 atom stereocenters. The molecule has 2 rings (SSSR count). The number of aliphatic hydroxyl groups excluding tert-OH is 2. The third-order valence-corrected chi connectivity index (χ3v) is 4.83. The van der Waals surface area contributed by atoms with Gasteiger partial charge in [-0.1, -0.05) is 0 Å². The third-order valence-electron chi connectivity index (χ3n) is 2.97. The predicted octanol–water partition coefficient (Wildman–Crippen LogP) is -0.540. The molecule has 0 radical (unpaired) electrons. The minimum atomic E-state index is -4.26. The molecule has 0 saturated carbocycles. The maximum atomic E-state index is 13.7. The van der Waals surface area contributed by atoms with Crippen molar-refractivity contribution >= 4 is 15.7 Å². The molecule has 8 nitrogen and oxygen atoms in total. The minimum Gasteiger partial charge on any atom is -0.389 e. The lowest BCUT2D eigenvalue weighted by atomic mass is 10.3. The summed E-state index contributed by atoms with van der Waals surface area (Å²) >= 11 is 0. The summed E-state index contributed by atoms with van der Waals surface area (Å²) < 4.78 is 38.7. The summed E-state index contributed by atoms with van der Waals surface area (Å²) in [7, 11) is -4.26. The van der Waals surface area contributed by atoms with Crippen molar-refractivity contribution in [1.82, 2.24) is 4.31 Å². The zero-order chi connectivity index (χ0) is 15.1. The van der Waals surface area contributed by atoms with Gasteiger partial charge in [-0.2, -0.15) is 4.31 Å². The largest absolute Gasteiger partial charge is 0.389 e. The Morgan fingerprint density at radius 1 is 1.30 bits per heavy atom. The van der Waals surface area contributed by atoms with E-state index in [1.165, 1.54) is 0 Å². The zero-order valence-electron chi connectivity index (χ0n) is 10.0. The van der Waals surface area contributed by atoms with Crippen LogP contribution in [0, 0.1) is 15.9 Å². The van der Waals surface area contributed by atoms with Gasteiger partial charge < -0.3 is 10.2 Å². The van der Waals surface area contributed by atoms with E-state index in [9.17, 15) is 33.1 Å². The maximum absolute atomic E-state index is 13.7. The summed E-state index contributed by atoms with van der Waals surface area (Å²) in [6, 6.07) is 2.18. The number of hydrogen-bond acceptors (Lipinski definition) is 6. The molecule has 1 saturated heterocycles. The second-order valence-electron chi connectivity index (χ2n) is 4.33. The Kier molecular flexibility index (Phi) is 3.73. The lowest BCUT2D eigenvalue weighted by Gasteiger charge is -2.15. The minimum absolute atomic E-state index is 0.361. The Labute approximate surface area is 113 Å². The first kappa shape index (κ1) is 14.8. The molecule has 2 N–H and O–H groups in total. The molecule has 0 spiro atoms. The van der Waals surface area contributed by atoms with Gasteiger partial charge in [0.2, 0.25) is 10.0 Å². The van der Waals surface area contributed by atoms with Crippen molar-refractivity contribution in [3.63, 3.8) is 0 Å². The van der Waals surface area contributed by atoms with Crippen molar-refractivity contribution < 1.29 is 27.9 Å². The standard InChI is InChI=1S/C10H11FN2O6S/c11-7-3-6(13(16)17)1-2-10(7)20(18,19)12-4-8(14)9(15)5-12/h1-3,8-9,14-15H,4-5H2/t8-,9+. The summed E-state index contributed by atoms with van der Waals surface area (Å²) in [6.45, 7) is -0.722. The van der Waals surface area contributed by atoms with Crippen LogP contribution in [0.15, 0.2) is 23.1 Å². The quantitative estimate of drug-likeness (QED) is 0.571. The molecule has 1 aromatic rings. The highest BCUT2D eigenvalue weighted by molar-refractivity contribution is 7.89. The van der Waals surface area contributed by atoms with Gasteiger partial charge in [0.25, 0.3) is 5.69 Å². The number of nitro groups is 1. The van der Waals surface area contributed by atoms with Crippen LogP contribution in [0.4, 0.5) is 10.1 Å². The highest BCUT2D eigenvalue weighted by Crippen LogP contribution is 2.26. The van der Waals surface area contributed by atoms with Crippen LogP contribution in [0.3, 0.4) is 0 Å². The number of sulfonamides is 1. The number of halogens is 1. The van der Waals surface area contributed by atoms with E-state index in [1.807, 2.05) is 0 Å². The second-order valence-corrected chi connectivity index (χ2v) is 6.23. The van der Waals surface area contributed by atoms with Crippen LogP contribution in [0.25, 0.3) is 0 Å².